The lowest BCUT2D eigenvalue weighted by molar-refractivity contribution is 0.149. The van der Waals surface area contributed by atoms with Gasteiger partial charge < -0.3 is 14.6 Å². The smallest absolute Gasteiger partial charge is 0.133 e. The molecule has 0 unspecified atom stereocenters. The summed E-state index contributed by atoms with van der Waals surface area (Å²) in [5.74, 6) is 1.01. The summed E-state index contributed by atoms with van der Waals surface area (Å²) in [5, 5.41) is 11.1. The van der Waals surface area contributed by atoms with Crippen LogP contribution in [0.15, 0.2) is 6.33 Å². The zero-order valence-electron chi connectivity index (χ0n) is 8.86. The van der Waals surface area contributed by atoms with Crippen LogP contribution in [-0.2, 0) is 18.2 Å². The summed E-state index contributed by atoms with van der Waals surface area (Å²) in [4.78, 5) is 0. The van der Waals surface area contributed by atoms with Crippen molar-refractivity contribution in [3.05, 3.63) is 12.2 Å². The lowest BCUT2D eigenvalue weighted by atomic mass is 10.4. The molecule has 1 rings (SSSR count). The normalized spacial score (nSPS) is 10.7. The number of aryl methyl sites for hydroxylation is 1. The van der Waals surface area contributed by atoms with E-state index in [1.54, 1.807) is 6.33 Å². The van der Waals surface area contributed by atoms with Crippen LogP contribution in [0.3, 0.4) is 0 Å². The van der Waals surface area contributed by atoms with E-state index in [4.69, 9.17) is 4.74 Å². The molecule has 0 aliphatic rings. The van der Waals surface area contributed by atoms with Crippen LogP contribution < -0.4 is 5.32 Å². The average molecular weight is 198 g/mol. The molecule has 0 saturated heterocycles. The third kappa shape index (κ3) is 3.85. The Morgan fingerprint density at radius 3 is 3.00 bits per heavy atom. The number of nitrogens with one attached hydrogen (secondary N) is 1. The van der Waals surface area contributed by atoms with E-state index < -0.39 is 0 Å². The molecule has 0 bridgehead atoms. The van der Waals surface area contributed by atoms with Gasteiger partial charge in [-0.3, -0.25) is 0 Å². The van der Waals surface area contributed by atoms with Gasteiger partial charge in [0, 0.05) is 33.2 Å². The number of hydrogen-bond acceptors (Lipinski definition) is 4. The van der Waals surface area contributed by atoms with Crippen LogP contribution >= 0.6 is 0 Å². The first kappa shape index (κ1) is 11.1. The zero-order chi connectivity index (χ0) is 10.2. The van der Waals surface area contributed by atoms with Crippen molar-refractivity contribution in [3.8, 4) is 0 Å². The van der Waals surface area contributed by atoms with Crippen LogP contribution in [0.2, 0.25) is 0 Å². The molecule has 0 amide bonds. The molecule has 1 heterocycles. The molecule has 1 aromatic heterocycles. The van der Waals surface area contributed by atoms with Gasteiger partial charge in [-0.2, -0.15) is 0 Å². The van der Waals surface area contributed by atoms with Crippen LogP contribution in [0.4, 0.5) is 0 Å². The van der Waals surface area contributed by atoms with Crippen molar-refractivity contribution >= 4 is 0 Å². The fourth-order valence-electron chi connectivity index (χ4n) is 1.15. The van der Waals surface area contributed by atoms with Crippen molar-refractivity contribution in [2.45, 2.75) is 13.3 Å². The Hall–Kier alpha value is -0.940. The van der Waals surface area contributed by atoms with Gasteiger partial charge in [0.2, 0.25) is 0 Å². The van der Waals surface area contributed by atoms with Crippen molar-refractivity contribution < 1.29 is 4.74 Å². The second-order valence-electron chi connectivity index (χ2n) is 3.05. The van der Waals surface area contributed by atoms with E-state index in [-0.39, 0.29) is 0 Å². The first-order chi connectivity index (χ1) is 6.84. The van der Waals surface area contributed by atoms with Crippen LogP contribution in [0.1, 0.15) is 12.7 Å². The summed E-state index contributed by atoms with van der Waals surface area (Å²) < 4.78 is 7.13. The lowest BCUT2D eigenvalue weighted by Crippen LogP contribution is -2.23. The van der Waals surface area contributed by atoms with Crippen LogP contribution in [0.25, 0.3) is 0 Å². The van der Waals surface area contributed by atoms with Crippen LogP contribution in [-0.4, -0.2) is 41.1 Å². The van der Waals surface area contributed by atoms with Crippen LogP contribution in [0.5, 0.6) is 0 Å². The highest BCUT2D eigenvalue weighted by molar-refractivity contribution is 4.84. The predicted octanol–water partition coefficient (Wildman–Crippen LogP) is -0.0163. The summed E-state index contributed by atoms with van der Waals surface area (Å²) in [6.45, 7) is 5.37. The Balaban J connectivity index is 2.02. The first-order valence-corrected chi connectivity index (χ1v) is 4.96. The van der Waals surface area contributed by atoms with Crippen molar-refractivity contribution in [2.75, 3.05) is 26.3 Å². The van der Waals surface area contributed by atoms with E-state index in [2.05, 4.69) is 15.5 Å². The van der Waals surface area contributed by atoms with Gasteiger partial charge in [0.25, 0.3) is 0 Å². The molecule has 5 nitrogen and oxygen atoms in total. The molecule has 0 aliphatic carbocycles. The number of ether oxygens (including phenoxy) is 1. The molecule has 5 heteroatoms. The summed E-state index contributed by atoms with van der Waals surface area (Å²) >= 11 is 0. The van der Waals surface area contributed by atoms with Gasteiger partial charge in [0.1, 0.15) is 12.2 Å². The van der Waals surface area contributed by atoms with Gasteiger partial charge in [0.05, 0.1) is 6.61 Å². The number of rotatable bonds is 7. The van der Waals surface area contributed by atoms with Crippen molar-refractivity contribution in [1.29, 1.82) is 0 Å². The van der Waals surface area contributed by atoms with Crippen molar-refractivity contribution in [2.24, 2.45) is 7.05 Å². The number of hydrogen-bond donors (Lipinski definition) is 1. The Morgan fingerprint density at radius 1 is 1.50 bits per heavy atom. The third-order valence-electron chi connectivity index (χ3n) is 1.96. The van der Waals surface area contributed by atoms with E-state index >= 15 is 0 Å². The first-order valence-electron chi connectivity index (χ1n) is 4.96. The van der Waals surface area contributed by atoms with E-state index in [0.29, 0.717) is 0 Å². The minimum absolute atomic E-state index is 0.773. The average Bonchev–Trinajstić information content (AvgIpc) is 2.58. The summed E-state index contributed by atoms with van der Waals surface area (Å²) in [6, 6.07) is 0. The van der Waals surface area contributed by atoms with E-state index in [9.17, 15) is 0 Å². The largest absolute Gasteiger partial charge is 0.380 e. The SMILES string of the molecule is CCOCCNCCc1nncn1C. The maximum atomic E-state index is 5.20. The quantitative estimate of drug-likeness (QED) is 0.626. The summed E-state index contributed by atoms with van der Waals surface area (Å²) in [7, 11) is 1.95. The lowest BCUT2D eigenvalue weighted by Gasteiger charge is -2.04. The van der Waals surface area contributed by atoms with E-state index in [1.807, 2.05) is 18.5 Å². The Labute approximate surface area is 84.5 Å². The molecular formula is C9H18N4O. The summed E-state index contributed by atoms with van der Waals surface area (Å²) in [6.07, 6.45) is 2.62. The highest BCUT2D eigenvalue weighted by Gasteiger charge is 1.98. The minimum Gasteiger partial charge on any atom is -0.380 e. The fourth-order valence-corrected chi connectivity index (χ4v) is 1.15. The molecule has 0 atom stereocenters. The molecule has 1 N–H and O–H groups in total. The van der Waals surface area contributed by atoms with Crippen LogP contribution in [0, 0.1) is 0 Å². The van der Waals surface area contributed by atoms with E-state index in [0.717, 1.165) is 38.5 Å². The molecule has 1 aromatic rings. The second-order valence-corrected chi connectivity index (χ2v) is 3.05. The molecule has 0 spiro atoms. The topological polar surface area (TPSA) is 52.0 Å². The molecule has 0 saturated carbocycles. The number of aromatic nitrogens is 3. The van der Waals surface area contributed by atoms with Crippen molar-refractivity contribution in [1.82, 2.24) is 20.1 Å². The van der Waals surface area contributed by atoms with Gasteiger partial charge in [-0.1, -0.05) is 0 Å². The molecule has 0 radical (unpaired) electrons. The van der Waals surface area contributed by atoms with Crippen molar-refractivity contribution in [3.63, 3.8) is 0 Å². The van der Waals surface area contributed by atoms with E-state index in [1.165, 1.54) is 0 Å². The Bertz CT molecular complexity index is 249. The standard InChI is InChI=1S/C9H18N4O/c1-3-14-7-6-10-5-4-9-12-11-8-13(9)2/h8,10H,3-7H2,1-2H3. The number of nitrogens with zero attached hydrogens (tertiary/aromatic N) is 3. The molecular weight excluding hydrogens is 180 g/mol. The Kier molecular flexibility index (Phi) is 5.17. The Morgan fingerprint density at radius 2 is 2.36 bits per heavy atom. The maximum absolute atomic E-state index is 5.20. The highest BCUT2D eigenvalue weighted by Crippen LogP contribution is 1.90. The molecule has 0 aromatic carbocycles. The van der Waals surface area contributed by atoms with Gasteiger partial charge in [-0.25, -0.2) is 0 Å². The molecule has 0 aliphatic heterocycles. The molecule has 14 heavy (non-hydrogen) atoms. The highest BCUT2D eigenvalue weighted by atomic mass is 16.5. The second kappa shape index (κ2) is 6.50. The summed E-state index contributed by atoms with van der Waals surface area (Å²) in [5.41, 5.74) is 0. The monoisotopic (exact) mass is 198 g/mol. The van der Waals surface area contributed by atoms with Gasteiger partial charge in [-0.05, 0) is 6.92 Å². The van der Waals surface area contributed by atoms with Gasteiger partial charge in [0.15, 0.2) is 0 Å². The van der Waals surface area contributed by atoms with Gasteiger partial charge in [-0.15, -0.1) is 10.2 Å². The third-order valence-corrected chi connectivity index (χ3v) is 1.96. The molecule has 80 valence electrons. The minimum atomic E-state index is 0.773. The zero-order valence-corrected chi connectivity index (χ0v) is 8.86. The molecule has 0 fully saturated rings. The predicted molar refractivity (Wildman–Crippen MR) is 54.1 cm³/mol. The van der Waals surface area contributed by atoms with Gasteiger partial charge >= 0.3 is 0 Å². The maximum Gasteiger partial charge on any atom is 0.133 e. The fraction of sp³-hybridized carbons (Fsp3) is 0.778.